The highest BCUT2D eigenvalue weighted by molar-refractivity contribution is 7.89. The Morgan fingerprint density at radius 2 is 2.20 bits per heavy atom. The second-order valence-electron chi connectivity index (χ2n) is 4.05. The van der Waals surface area contributed by atoms with Crippen molar-refractivity contribution in [3.8, 4) is 0 Å². The Morgan fingerprint density at radius 1 is 1.50 bits per heavy atom. The van der Waals surface area contributed by atoms with Crippen molar-refractivity contribution >= 4 is 27.3 Å². The van der Waals surface area contributed by atoms with E-state index in [2.05, 4.69) is 0 Å². The van der Waals surface area contributed by atoms with Crippen LogP contribution in [0.2, 0.25) is 0 Å². The van der Waals surface area contributed by atoms with Gasteiger partial charge >= 0.3 is 5.97 Å². The molecule has 20 heavy (non-hydrogen) atoms. The van der Waals surface area contributed by atoms with E-state index in [0.29, 0.717) is 0 Å². The maximum atomic E-state index is 12.8. The molecule has 2 heterocycles. The average molecular weight is 327 g/mol. The standard InChI is InChI=1S/C10H11F2NO5S2/c11-9(12)6-4-19-5-8(6)20(16,17)13-1-2-18-7(3-13)10(14)15/h4-5,7,9H,1-3H2,(H,14,15). The molecule has 1 fully saturated rings. The number of aliphatic carboxylic acids is 1. The number of halogens is 2. The first-order chi connectivity index (χ1) is 9.34. The highest BCUT2D eigenvalue weighted by atomic mass is 32.2. The number of ether oxygens (including phenoxy) is 1. The van der Waals surface area contributed by atoms with Crippen molar-refractivity contribution in [2.45, 2.75) is 17.4 Å². The third-order valence-electron chi connectivity index (χ3n) is 2.81. The molecule has 0 radical (unpaired) electrons. The van der Waals surface area contributed by atoms with Gasteiger partial charge in [-0.1, -0.05) is 0 Å². The molecule has 0 aliphatic carbocycles. The Morgan fingerprint density at radius 3 is 2.80 bits per heavy atom. The average Bonchev–Trinajstić information content (AvgIpc) is 2.89. The predicted molar refractivity (Wildman–Crippen MR) is 65.4 cm³/mol. The molecular weight excluding hydrogens is 316 g/mol. The summed E-state index contributed by atoms with van der Waals surface area (Å²) in [6.45, 7) is -0.550. The number of sulfonamides is 1. The van der Waals surface area contributed by atoms with Crippen LogP contribution in [0.15, 0.2) is 15.7 Å². The zero-order chi connectivity index (χ0) is 14.9. The van der Waals surface area contributed by atoms with Crippen molar-refractivity contribution in [3.05, 3.63) is 16.3 Å². The fourth-order valence-corrected chi connectivity index (χ4v) is 4.60. The van der Waals surface area contributed by atoms with Crippen LogP contribution in [-0.4, -0.2) is 49.6 Å². The topological polar surface area (TPSA) is 83.9 Å². The first-order valence-electron chi connectivity index (χ1n) is 5.53. The van der Waals surface area contributed by atoms with E-state index >= 15 is 0 Å². The monoisotopic (exact) mass is 327 g/mol. The normalized spacial score (nSPS) is 21.2. The number of nitrogens with zero attached hydrogens (tertiary/aromatic N) is 1. The number of carbonyl (C=O) groups is 1. The van der Waals surface area contributed by atoms with Crippen molar-refractivity contribution in [3.63, 3.8) is 0 Å². The third kappa shape index (κ3) is 2.82. The summed E-state index contributed by atoms with van der Waals surface area (Å²) in [7, 11) is -4.14. The van der Waals surface area contributed by atoms with Gasteiger partial charge in [0.25, 0.3) is 6.43 Å². The molecule has 1 aromatic heterocycles. The number of hydrogen-bond acceptors (Lipinski definition) is 5. The van der Waals surface area contributed by atoms with E-state index in [0.717, 1.165) is 26.4 Å². The van der Waals surface area contributed by atoms with Gasteiger partial charge < -0.3 is 9.84 Å². The predicted octanol–water partition coefficient (Wildman–Crippen LogP) is 1.16. The molecule has 1 unspecified atom stereocenters. The molecule has 6 nitrogen and oxygen atoms in total. The Labute approximate surface area is 117 Å². The van der Waals surface area contributed by atoms with Crippen LogP contribution in [-0.2, 0) is 19.6 Å². The summed E-state index contributed by atoms with van der Waals surface area (Å²) in [6, 6.07) is 0. The molecule has 1 aliphatic rings. The van der Waals surface area contributed by atoms with Gasteiger partial charge in [-0.05, 0) is 0 Å². The smallest absolute Gasteiger partial charge is 0.334 e. The van der Waals surface area contributed by atoms with Crippen molar-refractivity contribution in [1.82, 2.24) is 4.31 Å². The Balaban J connectivity index is 2.30. The van der Waals surface area contributed by atoms with Crippen LogP contribution in [0.4, 0.5) is 8.78 Å². The minimum Gasteiger partial charge on any atom is -0.479 e. The first-order valence-corrected chi connectivity index (χ1v) is 7.91. The maximum Gasteiger partial charge on any atom is 0.334 e. The van der Waals surface area contributed by atoms with Gasteiger partial charge in [-0.3, -0.25) is 0 Å². The summed E-state index contributed by atoms with van der Waals surface area (Å²) in [4.78, 5) is 10.4. The van der Waals surface area contributed by atoms with Crippen molar-refractivity contribution in [1.29, 1.82) is 0 Å². The van der Waals surface area contributed by atoms with Gasteiger partial charge in [-0.2, -0.15) is 15.6 Å². The zero-order valence-electron chi connectivity index (χ0n) is 10.0. The lowest BCUT2D eigenvalue weighted by Crippen LogP contribution is -2.48. The van der Waals surface area contributed by atoms with Crippen molar-refractivity contribution in [2.24, 2.45) is 0 Å². The van der Waals surface area contributed by atoms with Gasteiger partial charge in [-0.25, -0.2) is 22.0 Å². The molecule has 2 rings (SSSR count). The van der Waals surface area contributed by atoms with Gasteiger partial charge in [0.05, 0.1) is 13.2 Å². The van der Waals surface area contributed by atoms with Crippen LogP contribution in [0.1, 0.15) is 12.0 Å². The van der Waals surface area contributed by atoms with Crippen molar-refractivity contribution < 1.29 is 31.8 Å². The van der Waals surface area contributed by atoms with E-state index in [4.69, 9.17) is 9.84 Å². The van der Waals surface area contributed by atoms with Crippen LogP contribution in [0.5, 0.6) is 0 Å². The van der Waals surface area contributed by atoms with Crippen molar-refractivity contribution in [2.75, 3.05) is 19.7 Å². The summed E-state index contributed by atoms with van der Waals surface area (Å²) in [5.74, 6) is -1.29. The Kier molecular flexibility index (Phi) is 4.37. The first kappa shape index (κ1) is 15.3. The van der Waals surface area contributed by atoms with Gasteiger partial charge in [0, 0.05) is 22.9 Å². The molecule has 112 valence electrons. The van der Waals surface area contributed by atoms with E-state index in [9.17, 15) is 22.0 Å². The number of rotatable bonds is 4. The zero-order valence-corrected chi connectivity index (χ0v) is 11.7. The molecule has 1 saturated heterocycles. The Bertz CT molecular complexity index is 601. The Hall–Kier alpha value is -1.10. The lowest BCUT2D eigenvalue weighted by atomic mass is 10.3. The third-order valence-corrected chi connectivity index (χ3v) is 5.64. The van der Waals surface area contributed by atoms with Crippen LogP contribution in [0.3, 0.4) is 0 Å². The minimum atomic E-state index is -4.14. The number of thiophene rings is 1. The van der Waals surface area contributed by atoms with Gasteiger partial charge in [-0.15, -0.1) is 0 Å². The van der Waals surface area contributed by atoms with Crippen LogP contribution in [0, 0.1) is 0 Å². The summed E-state index contributed by atoms with van der Waals surface area (Å²) in [5, 5.41) is 11.0. The SMILES string of the molecule is O=C(O)C1CN(S(=O)(=O)c2cscc2C(F)F)CCO1. The molecule has 0 aromatic carbocycles. The van der Waals surface area contributed by atoms with Crippen LogP contribution < -0.4 is 0 Å². The summed E-state index contributed by atoms with van der Waals surface area (Å²) < 4.78 is 55.9. The minimum absolute atomic E-state index is 0.0648. The molecule has 1 aromatic rings. The summed E-state index contributed by atoms with van der Waals surface area (Å²) >= 11 is 0.859. The number of carboxylic acid groups (broad SMARTS) is 1. The van der Waals surface area contributed by atoms with Crippen LogP contribution >= 0.6 is 11.3 Å². The van der Waals surface area contributed by atoms with Gasteiger partial charge in [0.2, 0.25) is 10.0 Å². The fourth-order valence-electron chi connectivity index (χ4n) is 1.80. The summed E-state index contributed by atoms with van der Waals surface area (Å²) in [5.41, 5.74) is -0.562. The van der Waals surface area contributed by atoms with Gasteiger partial charge in [0.1, 0.15) is 4.90 Å². The number of hydrogen-bond donors (Lipinski definition) is 1. The van der Waals surface area contributed by atoms with E-state index in [1.165, 1.54) is 0 Å². The highest BCUT2D eigenvalue weighted by Gasteiger charge is 2.36. The van der Waals surface area contributed by atoms with E-state index in [-0.39, 0.29) is 13.2 Å². The van der Waals surface area contributed by atoms with E-state index in [1.54, 1.807) is 0 Å². The molecular formula is C10H11F2NO5S2. The second-order valence-corrected chi connectivity index (χ2v) is 6.70. The fraction of sp³-hybridized carbons (Fsp3) is 0.500. The molecule has 0 saturated carbocycles. The molecule has 0 amide bonds. The molecule has 10 heteroatoms. The number of carboxylic acids is 1. The molecule has 1 atom stereocenters. The molecule has 1 N–H and O–H groups in total. The summed E-state index contributed by atoms with van der Waals surface area (Å²) in [6.07, 6.45) is -4.19. The molecule has 0 bridgehead atoms. The van der Waals surface area contributed by atoms with Crippen LogP contribution in [0.25, 0.3) is 0 Å². The highest BCUT2D eigenvalue weighted by Crippen LogP contribution is 2.32. The maximum absolute atomic E-state index is 12.8. The lowest BCUT2D eigenvalue weighted by molar-refractivity contribution is -0.153. The number of morpholine rings is 1. The largest absolute Gasteiger partial charge is 0.479 e. The molecule has 0 spiro atoms. The van der Waals surface area contributed by atoms with E-state index in [1.807, 2.05) is 0 Å². The number of alkyl halides is 2. The van der Waals surface area contributed by atoms with E-state index < -0.39 is 45.5 Å². The lowest BCUT2D eigenvalue weighted by Gasteiger charge is -2.30. The van der Waals surface area contributed by atoms with Gasteiger partial charge in [0.15, 0.2) is 6.10 Å². The molecule has 1 aliphatic heterocycles. The quantitative estimate of drug-likeness (QED) is 0.897. The second kappa shape index (κ2) is 5.72.